The van der Waals surface area contributed by atoms with Gasteiger partial charge >= 0.3 is 84.2 Å². The third-order valence-electron chi connectivity index (χ3n) is 6.58. The van der Waals surface area contributed by atoms with E-state index in [0.29, 0.717) is 0 Å². The van der Waals surface area contributed by atoms with Gasteiger partial charge in [-0.2, -0.15) is 87.8 Å². The van der Waals surface area contributed by atoms with Crippen LogP contribution in [0.15, 0.2) is 50.6 Å². The SMILES string of the molecule is C=CC(=O)OCC(F)(F)C(F)(F)OCC(COC(F)(F)C(F)(F)COC(=O)C=C)(C(F)(F)OC(F)(F)C(F)(F)COC(=O)C=C)C(F)(F)OC(F)(F)C(F)(F)COC(=O)C=C. The number of alkyl halides is 20. The molecule has 12 nitrogen and oxygen atoms in total. The topological polar surface area (TPSA) is 142 Å². The molecular weight excluding hydrogens is 920 g/mol. The van der Waals surface area contributed by atoms with Crippen LogP contribution in [-0.2, 0) is 57.1 Å². The van der Waals surface area contributed by atoms with Gasteiger partial charge in [0.05, 0.1) is 13.2 Å². The second kappa shape index (κ2) is 19.5. The quantitative estimate of drug-likeness (QED) is 0.0344. The van der Waals surface area contributed by atoms with Crippen LogP contribution in [0, 0.1) is 5.41 Å². The Hall–Kier alpha value is -4.72. The fraction of sp³-hybridized carbons (Fsp3) is 0.586. The van der Waals surface area contributed by atoms with Crippen LogP contribution in [0.5, 0.6) is 0 Å². The van der Waals surface area contributed by atoms with E-state index in [2.05, 4.69) is 64.2 Å². The highest BCUT2D eigenvalue weighted by Gasteiger charge is 2.80. The smallest absolute Gasteiger partial charge is 0.427 e. The Bertz CT molecular complexity index is 1500. The van der Waals surface area contributed by atoms with Crippen LogP contribution in [0.4, 0.5) is 87.8 Å². The average molecular weight is 944 g/mol. The fourth-order valence-corrected chi connectivity index (χ4v) is 3.07. The minimum absolute atomic E-state index is 0.0515. The molecule has 0 N–H and O–H groups in total. The van der Waals surface area contributed by atoms with Crippen LogP contribution in [0.1, 0.15) is 0 Å². The predicted molar refractivity (Wildman–Crippen MR) is 151 cm³/mol. The van der Waals surface area contributed by atoms with E-state index in [1.807, 2.05) is 0 Å². The average Bonchev–Trinajstić information content (AvgIpc) is 3.12. The van der Waals surface area contributed by atoms with Crippen molar-refractivity contribution in [3.8, 4) is 0 Å². The van der Waals surface area contributed by atoms with Gasteiger partial charge < -0.3 is 28.4 Å². The summed E-state index contributed by atoms with van der Waals surface area (Å²) in [6.07, 6.45) is -44.9. The molecule has 0 aromatic carbocycles. The molecule has 0 bridgehead atoms. The van der Waals surface area contributed by atoms with Crippen molar-refractivity contribution < 1.29 is 145 Å². The molecule has 61 heavy (non-hydrogen) atoms. The fourth-order valence-electron chi connectivity index (χ4n) is 3.07. The summed E-state index contributed by atoms with van der Waals surface area (Å²) in [5, 5.41) is 0. The minimum atomic E-state index is -7.92. The number of hydrogen-bond donors (Lipinski definition) is 0. The maximum atomic E-state index is 15.8. The van der Waals surface area contributed by atoms with Gasteiger partial charge in [-0.15, -0.1) is 0 Å². The molecule has 0 radical (unpaired) electrons. The van der Waals surface area contributed by atoms with Crippen LogP contribution in [-0.4, -0.2) is 124 Å². The van der Waals surface area contributed by atoms with E-state index >= 15 is 17.6 Å². The summed E-state index contributed by atoms with van der Waals surface area (Å²) in [7, 11) is 0. The highest BCUT2D eigenvalue weighted by atomic mass is 19.4. The van der Waals surface area contributed by atoms with Crippen molar-refractivity contribution in [2.24, 2.45) is 5.41 Å². The summed E-state index contributed by atoms with van der Waals surface area (Å²) >= 11 is 0. The normalized spacial score (nSPS) is 14.1. The zero-order valence-corrected chi connectivity index (χ0v) is 29.3. The summed E-state index contributed by atoms with van der Waals surface area (Å²) in [6.45, 7) is -11.3. The molecule has 0 spiro atoms. The molecule has 0 aromatic heterocycles. The summed E-state index contributed by atoms with van der Waals surface area (Å²) in [5.41, 5.74) is -7.16. The van der Waals surface area contributed by atoms with Gasteiger partial charge in [0.15, 0.2) is 31.8 Å². The molecule has 352 valence electrons. The van der Waals surface area contributed by atoms with E-state index in [-0.39, 0.29) is 24.3 Å². The largest absolute Gasteiger partial charge is 0.456 e. The lowest BCUT2D eigenvalue weighted by Gasteiger charge is -2.46. The zero-order valence-electron chi connectivity index (χ0n) is 29.3. The van der Waals surface area contributed by atoms with Gasteiger partial charge in [0.2, 0.25) is 0 Å². The van der Waals surface area contributed by atoms with Crippen molar-refractivity contribution in [2.75, 3.05) is 39.6 Å². The second-order valence-electron chi connectivity index (χ2n) is 11.0. The number of carbonyl (C=O) groups is 4. The van der Waals surface area contributed by atoms with Crippen molar-refractivity contribution in [1.82, 2.24) is 0 Å². The molecule has 0 amide bonds. The molecule has 0 aliphatic heterocycles. The second-order valence-corrected chi connectivity index (χ2v) is 11.0. The predicted octanol–water partition coefficient (Wildman–Crippen LogP) is 7.05. The lowest BCUT2D eigenvalue weighted by Crippen LogP contribution is -2.68. The van der Waals surface area contributed by atoms with Crippen LogP contribution >= 0.6 is 0 Å². The lowest BCUT2D eigenvalue weighted by atomic mass is 9.86. The number of hydrogen-bond acceptors (Lipinski definition) is 12. The van der Waals surface area contributed by atoms with Gasteiger partial charge in [0.25, 0.3) is 0 Å². The molecule has 0 heterocycles. The first-order valence-corrected chi connectivity index (χ1v) is 14.8. The number of halogens is 20. The molecule has 0 aliphatic rings. The van der Waals surface area contributed by atoms with Crippen molar-refractivity contribution in [1.29, 1.82) is 0 Å². The maximum Gasteiger partial charge on any atom is 0.427 e. The standard InChI is InChI=1S/C29H24F20O12/c1-5-15(50)54-11-20(30,31)26(42,43)58-9-19(10-59-27(44,45)21(32,33)12-55-16(51)6-2,24(38,39)60-28(46,47)22(34,35)13-56-17(52)7-3)25(40,41)61-29(48,49)23(36,37)14-57-18(53)8-4/h5-8H,1-4,9-14H2. The molecule has 0 fully saturated rings. The number of carbonyl (C=O) groups excluding carboxylic acids is 4. The van der Waals surface area contributed by atoms with Crippen molar-refractivity contribution in [3.63, 3.8) is 0 Å². The molecular formula is C29H24F20O12. The van der Waals surface area contributed by atoms with Gasteiger partial charge in [-0.05, 0) is 0 Å². The van der Waals surface area contributed by atoms with E-state index in [4.69, 9.17) is 0 Å². The van der Waals surface area contributed by atoms with E-state index in [0.717, 1.165) is 0 Å². The summed E-state index contributed by atoms with van der Waals surface area (Å²) in [6, 6.07) is 0. The van der Waals surface area contributed by atoms with Gasteiger partial charge in [0.1, 0.15) is 0 Å². The Kier molecular flexibility index (Phi) is 18.0. The first-order chi connectivity index (χ1) is 27.1. The van der Waals surface area contributed by atoms with Crippen molar-refractivity contribution in [3.05, 3.63) is 50.6 Å². The third-order valence-corrected chi connectivity index (χ3v) is 6.58. The van der Waals surface area contributed by atoms with Gasteiger partial charge in [-0.1, -0.05) is 26.3 Å². The number of rotatable bonds is 28. The minimum Gasteiger partial charge on any atom is -0.456 e. The molecule has 0 aromatic rings. The molecule has 0 unspecified atom stereocenters. The molecule has 0 aliphatic carbocycles. The maximum absolute atomic E-state index is 15.8. The Morgan fingerprint density at radius 3 is 0.721 bits per heavy atom. The highest BCUT2D eigenvalue weighted by Crippen LogP contribution is 2.58. The molecule has 0 rings (SSSR count). The molecule has 0 atom stereocenters. The van der Waals surface area contributed by atoms with E-state index in [9.17, 15) is 89.4 Å². The zero-order chi connectivity index (χ0) is 48.5. The molecule has 0 saturated carbocycles. The molecule has 32 heteroatoms. The molecule has 0 saturated heterocycles. The lowest BCUT2D eigenvalue weighted by molar-refractivity contribution is -0.532. The van der Waals surface area contributed by atoms with Gasteiger partial charge in [0, 0.05) is 24.3 Å². The van der Waals surface area contributed by atoms with Crippen LogP contribution in [0.2, 0.25) is 0 Å². The van der Waals surface area contributed by atoms with Crippen molar-refractivity contribution >= 4 is 23.9 Å². The van der Waals surface area contributed by atoms with Crippen molar-refractivity contribution in [2.45, 2.75) is 60.3 Å². The monoisotopic (exact) mass is 944 g/mol. The van der Waals surface area contributed by atoms with E-state index < -0.39 is 129 Å². The third kappa shape index (κ3) is 13.6. The Morgan fingerprint density at radius 2 is 0.525 bits per heavy atom. The summed E-state index contributed by atoms with van der Waals surface area (Å²) in [4.78, 5) is 44.2. The highest BCUT2D eigenvalue weighted by molar-refractivity contribution is 5.82. The van der Waals surface area contributed by atoms with Crippen LogP contribution in [0.25, 0.3) is 0 Å². The first kappa shape index (κ1) is 56.3. The number of esters is 4. The Balaban J connectivity index is 8.19. The Labute approximate surface area is 325 Å². The van der Waals surface area contributed by atoms with Gasteiger partial charge in [-0.25, -0.2) is 28.7 Å². The van der Waals surface area contributed by atoms with E-state index in [1.165, 1.54) is 0 Å². The Morgan fingerprint density at radius 1 is 0.328 bits per heavy atom. The first-order valence-electron chi connectivity index (χ1n) is 14.8. The van der Waals surface area contributed by atoms with E-state index in [1.54, 1.807) is 0 Å². The summed E-state index contributed by atoms with van der Waals surface area (Å²) < 4.78 is 319. The van der Waals surface area contributed by atoms with Crippen LogP contribution in [0.3, 0.4) is 0 Å². The summed E-state index contributed by atoms with van der Waals surface area (Å²) in [5.74, 6) is -34.3. The number of ether oxygens (including phenoxy) is 8. The van der Waals surface area contributed by atoms with Crippen LogP contribution < -0.4 is 0 Å². The van der Waals surface area contributed by atoms with Gasteiger partial charge in [-0.3, -0.25) is 0 Å².